The summed E-state index contributed by atoms with van der Waals surface area (Å²) in [5, 5.41) is 7.51. The van der Waals surface area contributed by atoms with E-state index in [0.29, 0.717) is 17.3 Å². The highest BCUT2D eigenvalue weighted by Gasteiger charge is 2.18. The molecular weight excluding hydrogens is 392 g/mol. The molecule has 9 nitrogen and oxygen atoms in total. The summed E-state index contributed by atoms with van der Waals surface area (Å²) < 4.78 is 12.3. The predicted octanol–water partition coefficient (Wildman–Crippen LogP) is 2.77. The number of aryl methyl sites for hydroxylation is 2. The van der Waals surface area contributed by atoms with Crippen LogP contribution in [0.25, 0.3) is 5.78 Å². The Morgan fingerprint density at radius 2 is 2.07 bits per heavy atom. The molecule has 0 spiro atoms. The molecule has 5 rings (SSSR count). The number of hydrogen-bond donors (Lipinski definition) is 1. The lowest BCUT2D eigenvalue weighted by atomic mass is 10.1. The standard InChI is InChI=1S/C19H16N6O3S/c1-10-5-6-20-18-22-16(24-25(10)18)17(26)23-19-21-11(2)15(29-19)8-12-3-4-13-14(7-12)28-9-27-13/h3-7H,8-9H2,1-2H3,(H,21,23,26). The molecule has 4 heterocycles. The summed E-state index contributed by atoms with van der Waals surface area (Å²) in [5.41, 5.74) is 2.79. The van der Waals surface area contributed by atoms with Crippen LogP contribution in [-0.4, -0.2) is 37.3 Å². The van der Waals surface area contributed by atoms with Gasteiger partial charge in [-0.3, -0.25) is 10.1 Å². The summed E-state index contributed by atoms with van der Waals surface area (Å²) in [7, 11) is 0. The molecule has 0 atom stereocenters. The van der Waals surface area contributed by atoms with Gasteiger partial charge in [-0.1, -0.05) is 6.07 Å². The van der Waals surface area contributed by atoms with Crippen molar-refractivity contribution >= 4 is 28.2 Å². The molecule has 0 saturated heterocycles. The van der Waals surface area contributed by atoms with Crippen LogP contribution in [0.4, 0.5) is 5.13 Å². The monoisotopic (exact) mass is 408 g/mol. The van der Waals surface area contributed by atoms with E-state index in [1.165, 1.54) is 15.9 Å². The number of ether oxygens (including phenoxy) is 2. The molecule has 0 saturated carbocycles. The van der Waals surface area contributed by atoms with E-state index >= 15 is 0 Å². The number of thiazole rings is 1. The van der Waals surface area contributed by atoms with Crippen molar-refractivity contribution in [2.24, 2.45) is 0 Å². The van der Waals surface area contributed by atoms with Crippen LogP contribution in [0.5, 0.6) is 11.5 Å². The Kier molecular flexibility index (Phi) is 4.13. The van der Waals surface area contributed by atoms with E-state index < -0.39 is 5.91 Å². The molecule has 1 aliphatic heterocycles. The van der Waals surface area contributed by atoms with Gasteiger partial charge in [-0.2, -0.15) is 4.98 Å². The van der Waals surface area contributed by atoms with Crippen LogP contribution < -0.4 is 14.8 Å². The number of hydrogen-bond acceptors (Lipinski definition) is 8. The smallest absolute Gasteiger partial charge is 0.297 e. The SMILES string of the molecule is Cc1nc(NC(=O)c2nc3nccc(C)n3n2)sc1Cc1ccc2c(c1)OCO2. The zero-order chi connectivity index (χ0) is 20.0. The summed E-state index contributed by atoms with van der Waals surface area (Å²) in [6.45, 7) is 4.04. The second kappa shape index (κ2) is 6.82. The first-order valence-electron chi connectivity index (χ1n) is 8.91. The number of fused-ring (bicyclic) bond motifs is 2. The number of anilines is 1. The van der Waals surface area contributed by atoms with Crippen molar-refractivity contribution in [2.45, 2.75) is 20.3 Å². The summed E-state index contributed by atoms with van der Waals surface area (Å²) >= 11 is 1.43. The minimum absolute atomic E-state index is 0.0528. The second-order valence-electron chi connectivity index (χ2n) is 6.58. The lowest BCUT2D eigenvalue weighted by Crippen LogP contribution is -2.13. The molecule has 0 fully saturated rings. The van der Waals surface area contributed by atoms with Crippen LogP contribution in [0.15, 0.2) is 30.5 Å². The van der Waals surface area contributed by atoms with Crippen LogP contribution in [0.2, 0.25) is 0 Å². The predicted molar refractivity (Wildman–Crippen MR) is 106 cm³/mol. The fourth-order valence-electron chi connectivity index (χ4n) is 3.04. The molecule has 29 heavy (non-hydrogen) atoms. The highest BCUT2D eigenvalue weighted by molar-refractivity contribution is 7.15. The van der Waals surface area contributed by atoms with Crippen LogP contribution in [0.1, 0.15) is 32.4 Å². The van der Waals surface area contributed by atoms with E-state index in [9.17, 15) is 4.79 Å². The van der Waals surface area contributed by atoms with Gasteiger partial charge in [0.1, 0.15) is 0 Å². The Morgan fingerprint density at radius 3 is 2.93 bits per heavy atom. The van der Waals surface area contributed by atoms with Crippen molar-refractivity contribution in [1.82, 2.24) is 24.6 Å². The van der Waals surface area contributed by atoms with Gasteiger partial charge in [-0.25, -0.2) is 14.5 Å². The van der Waals surface area contributed by atoms with Gasteiger partial charge in [0.15, 0.2) is 16.6 Å². The van der Waals surface area contributed by atoms with Gasteiger partial charge in [0.25, 0.3) is 11.7 Å². The van der Waals surface area contributed by atoms with E-state index in [2.05, 4.69) is 25.4 Å². The average molecular weight is 408 g/mol. The maximum absolute atomic E-state index is 12.6. The Labute approximate surface area is 169 Å². The minimum Gasteiger partial charge on any atom is -0.454 e. The van der Waals surface area contributed by atoms with Crippen molar-refractivity contribution in [1.29, 1.82) is 0 Å². The fraction of sp³-hybridized carbons (Fsp3) is 0.211. The molecular formula is C19H16N6O3S. The number of nitrogens with one attached hydrogen (secondary N) is 1. The number of carbonyl (C=O) groups excluding carboxylic acids is 1. The second-order valence-corrected chi connectivity index (χ2v) is 7.66. The zero-order valence-electron chi connectivity index (χ0n) is 15.7. The van der Waals surface area contributed by atoms with Crippen LogP contribution >= 0.6 is 11.3 Å². The van der Waals surface area contributed by atoms with Crippen molar-refractivity contribution in [3.63, 3.8) is 0 Å². The number of amides is 1. The molecule has 146 valence electrons. The molecule has 1 amide bonds. The van der Waals surface area contributed by atoms with Crippen LogP contribution in [-0.2, 0) is 6.42 Å². The van der Waals surface area contributed by atoms with Gasteiger partial charge in [0.05, 0.1) is 5.69 Å². The highest BCUT2D eigenvalue weighted by Crippen LogP contribution is 2.34. The Morgan fingerprint density at radius 1 is 1.21 bits per heavy atom. The molecule has 1 aromatic carbocycles. The minimum atomic E-state index is -0.418. The molecule has 1 N–H and O–H groups in total. The van der Waals surface area contributed by atoms with E-state index in [0.717, 1.165) is 33.3 Å². The quantitative estimate of drug-likeness (QED) is 0.554. The molecule has 4 aromatic rings. The summed E-state index contributed by atoms with van der Waals surface area (Å²) in [6, 6.07) is 7.67. The summed E-state index contributed by atoms with van der Waals surface area (Å²) in [4.78, 5) is 26.4. The first-order valence-corrected chi connectivity index (χ1v) is 9.73. The number of rotatable bonds is 4. The topological polar surface area (TPSA) is 104 Å². The first-order chi connectivity index (χ1) is 14.1. The number of nitrogens with zero attached hydrogens (tertiary/aromatic N) is 5. The zero-order valence-corrected chi connectivity index (χ0v) is 16.5. The Balaban J connectivity index is 1.34. The molecule has 0 aliphatic carbocycles. The van der Waals surface area contributed by atoms with E-state index in [-0.39, 0.29) is 12.6 Å². The summed E-state index contributed by atoms with van der Waals surface area (Å²) in [5.74, 6) is 1.52. The van der Waals surface area contributed by atoms with Crippen LogP contribution in [0, 0.1) is 13.8 Å². The van der Waals surface area contributed by atoms with Crippen LogP contribution in [0.3, 0.4) is 0 Å². The lowest BCUT2D eigenvalue weighted by Gasteiger charge is -2.02. The van der Waals surface area contributed by atoms with Gasteiger partial charge in [0.2, 0.25) is 12.6 Å². The molecule has 0 bridgehead atoms. The normalized spacial score (nSPS) is 12.5. The molecule has 0 unspecified atom stereocenters. The van der Waals surface area contributed by atoms with Gasteiger partial charge in [-0.05, 0) is 37.6 Å². The van der Waals surface area contributed by atoms with Gasteiger partial charge < -0.3 is 9.47 Å². The maximum atomic E-state index is 12.6. The Hall–Kier alpha value is -3.53. The molecule has 10 heteroatoms. The Bertz CT molecular complexity index is 1250. The lowest BCUT2D eigenvalue weighted by molar-refractivity contribution is 0.101. The molecule has 1 aliphatic rings. The van der Waals surface area contributed by atoms with Crippen molar-refractivity contribution in [3.05, 3.63) is 58.1 Å². The first kappa shape index (κ1) is 17.6. The van der Waals surface area contributed by atoms with E-state index in [4.69, 9.17) is 9.47 Å². The molecule has 0 radical (unpaired) electrons. The largest absolute Gasteiger partial charge is 0.454 e. The van der Waals surface area contributed by atoms with Gasteiger partial charge >= 0.3 is 0 Å². The third kappa shape index (κ3) is 3.27. The molecule has 3 aromatic heterocycles. The maximum Gasteiger partial charge on any atom is 0.297 e. The average Bonchev–Trinajstić information content (AvgIpc) is 3.41. The van der Waals surface area contributed by atoms with E-state index in [1.54, 1.807) is 12.3 Å². The fourth-order valence-corrected chi connectivity index (χ4v) is 4.03. The van der Waals surface area contributed by atoms with E-state index in [1.807, 2.05) is 32.0 Å². The van der Waals surface area contributed by atoms with Gasteiger partial charge in [0, 0.05) is 23.2 Å². The number of carbonyl (C=O) groups is 1. The third-order valence-corrected chi connectivity index (χ3v) is 5.62. The van der Waals surface area contributed by atoms with Gasteiger partial charge in [-0.15, -0.1) is 16.4 Å². The highest BCUT2D eigenvalue weighted by atomic mass is 32.1. The third-order valence-electron chi connectivity index (χ3n) is 4.55. The number of aromatic nitrogens is 5. The number of benzene rings is 1. The summed E-state index contributed by atoms with van der Waals surface area (Å²) in [6.07, 6.45) is 2.32. The van der Waals surface area contributed by atoms with Crippen molar-refractivity contribution < 1.29 is 14.3 Å². The van der Waals surface area contributed by atoms with Crippen molar-refractivity contribution in [2.75, 3.05) is 12.1 Å². The van der Waals surface area contributed by atoms with Crippen molar-refractivity contribution in [3.8, 4) is 11.5 Å².